The molecule has 3 amide bonds. The van der Waals surface area contributed by atoms with Crippen LogP contribution in [-0.4, -0.2) is 66.6 Å². The summed E-state index contributed by atoms with van der Waals surface area (Å²) in [6.45, 7) is -0.553. The van der Waals surface area contributed by atoms with Gasteiger partial charge in [-0.05, 0) is 0 Å². The third-order valence-corrected chi connectivity index (χ3v) is 3.13. The van der Waals surface area contributed by atoms with E-state index in [4.69, 9.17) is 14.6 Å². The van der Waals surface area contributed by atoms with Crippen molar-refractivity contribution in [3.8, 4) is 0 Å². The maximum absolute atomic E-state index is 13.7. The average molecular weight is 280 g/mol. The van der Waals surface area contributed by atoms with E-state index in [0.29, 0.717) is 0 Å². The third-order valence-electron chi connectivity index (χ3n) is 3.13. The fourth-order valence-corrected chi connectivity index (χ4v) is 2.18. The van der Waals surface area contributed by atoms with E-state index in [1.807, 2.05) is 0 Å². The number of hydrogen-bond acceptors (Lipinski definition) is 5. The zero-order valence-corrected chi connectivity index (χ0v) is 10.1. The lowest BCUT2D eigenvalue weighted by Gasteiger charge is -2.38. The van der Waals surface area contributed by atoms with E-state index in [-0.39, 0.29) is 6.42 Å². The third kappa shape index (κ3) is 2.40. The minimum atomic E-state index is -2.09. The molecule has 0 aromatic carbocycles. The number of alkyl halides is 2. The number of carbonyl (C=O) groups excluding carboxylic acids is 2. The molecule has 2 aliphatic rings. The first kappa shape index (κ1) is 14.1. The lowest BCUT2D eigenvalue weighted by Crippen LogP contribution is -2.64. The lowest BCUT2D eigenvalue weighted by molar-refractivity contribution is -0.164. The van der Waals surface area contributed by atoms with Gasteiger partial charge in [-0.15, -0.1) is 0 Å². The second kappa shape index (κ2) is 5.35. The van der Waals surface area contributed by atoms with Crippen LogP contribution in [0.5, 0.6) is 0 Å². The van der Waals surface area contributed by atoms with Crippen LogP contribution in [0.15, 0.2) is 0 Å². The van der Waals surface area contributed by atoms with Gasteiger partial charge >= 0.3 is 6.03 Å². The van der Waals surface area contributed by atoms with Gasteiger partial charge in [0.1, 0.15) is 18.5 Å². The molecule has 108 valence electrons. The summed E-state index contributed by atoms with van der Waals surface area (Å²) in [6.07, 6.45) is -7.43. The van der Waals surface area contributed by atoms with E-state index in [9.17, 15) is 18.4 Å². The molecule has 19 heavy (non-hydrogen) atoms. The summed E-state index contributed by atoms with van der Waals surface area (Å²) >= 11 is 0. The minimum absolute atomic E-state index is 0.223. The molecule has 5 atom stereocenters. The van der Waals surface area contributed by atoms with E-state index in [0.717, 1.165) is 12.0 Å². The monoisotopic (exact) mass is 280 g/mol. The lowest BCUT2D eigenvalue weighted by atomic mass is 10.1. The van der Waals surface area contributed by atoms with Gasteiger partial charge in [0.2, 0.25) is 6.17 Å². The van der Waals surface area contributed by atoms with E-state index < -0.39 is 49.4 Å². The predicted octanol–water partition coefficient (Wildman–Crippen LogP) is -0.706. The van der Waals surface area contributed by atoms with Crippen LogP contribution in [0.4, 0.5) is 13.6 Å². The molecule has 0 radical (unpaired) electrons. The van der Waals surface area contributed by atoms with Gasteiger partial charge in [0, 0.05) is 13.5 Å². The minimum Gasteiger partial charge on any atom is -0.394 e. The number of urea groups is 1. The molecule has 2 N–H and O–H groups in total. The number of carbonyl (C=O) groups is 2. The molecule has 7 nitrogen and oxygen atoms in total. The Morgan fingerprint density at radius 2 is 2.21 bits per heavy atom. The molecule has 9 heteroatoms. The molecular formula is C10H14F2N2O5. The first-order valence-corrected chi connectivity index (χ1v) is 5.70. The van der Waals surface area contributed by atoms with Gasteiger partial charge in [-0.2, -0.15) is 0 Å². The Kier molecular flexibility index (Phi) is 3.97. The molecule has 2 rings (SSSR count). The van der Waals surface area contributed by atoms with Crippen LogP contribution >= 0.6 is 0 Å². The van der Waals surface area contributed by atoms with E-state index in [1.165, 1.54) is 0 Å². The maximum Gasteiger partial charge on any atom is 0.328 e. The van der Waals surface area contributed by atoms with Gasteiger partial charge in [-0.3, -0.25) is 15.0 Å². The Morgan fingerprint density at radius 1 is 1.53 bits per heavy atom. The SMILES string of the molecule is COC1C(F)C(=O)NC(=O)N1[C@@H]1CC(F)[C@H](CO)O1. The molecule has 0 saturated carbocycles. The number of nitrogens with zero attached hydrogens (tertiary/aromatic N) is 1. The van der Waals surface area contributed by atoms with E-state index in [1.54, 1.807) is 5.32 Å². The van der Waals surface area contributed by atoms with Crippen molar-refractivity contribution >= 4 is 11.9 Å². The quantitative estimate of drug-likeness (QED) is 0.713. The standard InChI is InChI=1S/C10H14F2N2O5/c1-18-9-7(12)8(16)13-10(17)14(9)6-2-4(11)5(3-15)19-6/h4-7,9,15H,2-3H2,1H3,(H,13,16,17)/t4?,5-,6-,7?,9?/m0/s1. The number of halogens is 2. The average Bonchev–Trinajstić information content (AvgIpc) is 2.74. The number of aliphatic hydroxyl groups excluding tert-OH is 1. The first-order chi connectivity index (χ1) is 8.99. The largest absolute Gasteiger partial charge is 0.394 e. The Bertz CT molecular complexity index is 383. The van der Waals surface area contributed by atoms with Crippen molar-refractivity contribution in [1.29, 1.82) is 0 Å². The summed E-state index contributed by atoms with van der Waals surface area (Å²) in [7, 11) is 1.13. The van der Waals surface area contributed by atoms with Gasteiger partial charge in [0.05, 0.1) is 6.61 Å². The fourth-order valence-electron chi connectivity index (χ4n) is 2.18. The number of ether oxygens (including phenoxy) is 2. The zero-order valence-electron chi connectivity index (χ0n) is 10.1. The summed E-state index contributed by atoms with van der Waals surface area (Å²) in [5, 5.41) is 10.7. The number of methoxy groups -OCH3 is 1. The first-order valence-electron chi connectivity index (χ1n) is 5.70. The summed E-state index contributed by atoms with van der Waals surface area (Å²) in [4.78, 5) is 23.6. The van der Waals surface area contributed by atoms with Crippen molar-refractivity contribution in [3.63, 3.8) is 0 Å². The van der Waals surface area contributed by atoms with Crippen molar-refractivity contribution in [3.05, 3.63) is 0 Å². The summed E-state index contributed by atoms with van der Waals surface area (Å²) in [5.41, 5.74) is 0. The van der Waals surface area contributed by atoms with Gasteiger partial charge < -0.3 is 14.6 Å². The number of hydrogen-bond donors (Lipinski definition) is 2. The molecule has 2 saturated heterocycles. The van der Waals surface area contributed by atoms with Crippen LogP contribution < -0.4 is 5.32 Å². The van der Waals surface area contributed by atoms with Crippen LogP contribution in [-0.2, 0) is 14.3 Å². The molecule has 2 heterocycles. The van der Waals surface area contributed by atoms with Crippen LogP contribution in [0.3, 0.4) is 0 Å². The molecule has 2 aliphatic heterocycles. The van der Waals surface area contributed by atoms with Gasteiger partial charge in [-0.1, -0.05) is 0 Å². The van der Waals surface area contributed by atoms with Crippen LogP contribution in [0, 0.1) is 0 Å². The number of rotatable bonds is 3. The van der Waals surface area contributed by atoms with Crippen molar-refractivity contribution in [2.45, 2.75) is 37.3 Å². The van der Waals surface area contributed by atoms with Crippen molar-refractivity contribution < 1.29 is 33.0 Å². The molecule has 2 fully saturated rings. The highest BCUT2D eigenvalue weighted by Gasteiger charge is 2.49. The molecule has 0 aromatic rings. The Hall–Kier alpha value is -1.32. The zero-order chi connectivity index (χ0) is 14.2. The fraction of sp³-hybridized carbons (Fsp3) is 0.800. The van der Waals surface area contributed by atoms with Crippen LogP contribution in [0.25, 0.3) is 0 Å². The number of amides is 3. The van der Waals surface area contributed by atoms with Crippen LogP contribution in [0.2, 0.25) is 0 Å². The Balaban J connectivity index is 2.17. The highest BCUT2D eigenvalue weighted by molar-refractivity contribution is 5.99. The molecule has 0 spiro atoms. The van der Waals surface area contributed by atoms with Crippen LogP contribution in [0.1, 0.15) is 6.42 Å². The number of imide groups is 1. The Labute approximate surface area is 107 Å². The molecule has 0 aliphatic carbocycles. The number of nitrogens with one attached hydrogen (secondary N) is 1. The summed E-state index contributed by atoms with van der Waals surface area (Å²) < 4.78 is 37.1. The van der Waals surface area contributed by atoms with Gasteiger partial charge in [-0.25, -0.2) is 13.6 Å². The number of aliphatic hydroxyl groups is 1. The Morgan fingerprint density at radius 3 is 2.74 bits per heavy atom. The highest BCUT2D eigenvalue weighted by Crippen LogP contribution is 2.29. The van der Waals surface area contributed by atoms with Crippen molar-refractivity contribution in [2.75, 3.05) is 13.7 Å². The highest BCUT2D eigenvalue weighted by atomic mass is 19.1. The van der Waals surface area contributed by atoms with Crippen molar-refractivity contribution in [2.24, 2.45) is 0 Å². The molecule has 0 bridgehead atoms. The van der Waals surface area contributed by atoms with Gasteiger partial charge in [0.25, 0.3) is 5.91 Å². The maximum atomic E-state index is 13.7. The molecule has 0 aromatic heterocycles. The topological polar surface area (TPSA) is 88.1 Å². The smallest absolute Gasteiger partial charge is 0.328 e. The second-order valence-corrected chi connectivity index (χ2v) is 4.29. The molecule has 3 unspecified atom stereocenters. The van der Waals surface area contributed by atoms with Gasteiger partial charge in [0.15, 0.2) is 6.23 Å². The second-order valence-electron chi connectivity index (χ2n) is 4.29. The normalized spacial score (nSPS) is 39.6. The predicted molar refractivity (Wildman–Crippen MR) is 56.3 cm³/mol. The van der Waals surface area contributed by atoms with E-state index >= 15 is 0 Å². The summed E-state index contributed by atoms with van der Waals surface area (Å²) in [5.74, 6) is -1.11. The van der Waals surface area contributed by atoms with Crippen molar-refractivity contribution in [1.82, 2.24) is 10.2 Å². The van der Waals surface area contributed by atoms with E-state index in [2.05, 4.69) is 0 Å². The summed E-state index contributed by atoms with van der Waals surface area (Å²) in [6, 6.07) is -0.915. The molecular weight excluding hydrogens is 266 g/mol.